The van der Waals surface area contributed by atoms with Crippen molar-refractivity contribution >= 4 is 5.69 Å². The van der Waals surface area contributed by atoms with Crippen molar-refractivity contribution in [3.8, 4) is 0 Å². The van der Waals surface area contributed by atoms with Gasteiger partial charge in [-0.2, -0.15) is 0 Å². The number of aliphatic hydroxyl groups is 1. The van der Waals surface area contributed by atoms with E-state index in [1.807, 2.05) is 6.92 Å². The highest BCUT2D eigenvalue weighted by molar-refractivity contribution is 5.59. The lowest BCUT2D eigenvalue weighted by molar-refractivity contribution is 0.195. The Bertz CT molecular complexity index is 320. The molecular formula is C12H17NO. The topological polar surface area (TPSA) is 32.3 Å². The number of nitrogens with one attached hydrogen (secondary N) is 1. The second-order valence-corrected chi connectivity index (χ2v) is 4.03. The Hall–Kier alpha value is -1.02. The molecule has 1 unspecified atom stereocenters. The summed E-state index contributed by atoms with van der Waals surface area (Å²) in [6.45, 7) is 2.89. The summed E-state index contributed by atoms with van der Waals surface area (Å²) in [5.74, 6) is 0. The van der Waals surface area contributed by atoms with Crippen LogP contribution in [0.25, 0.3) is 0 Å². The van der Waals surface area contributed by atoms with Crippen molar-refractivity contribution in [1.29, 1.82) is 0 Å². The minimum Gasteiger partial charge on any atom is -0.393 e. The smallest absolute Gasteiger partial charge is 0.0553 e. The standard InChI is InChI=1S/C12H17NO/c1-9(14)8-11-5-2-4-10-6-3-7-13-12(10)11/h2,4-5,9,13-14H,3,6-8H2,1H3. The van der Waals surface area contributed by atoms with Crippen molar-refractivity contribution in [1.82, 2.24) is 0 Å². The van der Waals surface area contributed by atoms with Gasteiger partial charge in [-0.25, -0.2) is 0 Å². The molecule has 0 amide bonds. The normalized spacial score (nSPS) is 17.0. The molecule has 0 fully saturated rings. The van der Waals surface area contributed by atoms with Crippen LogP contribution in [-0.2, 0) is 12.8 Å². The first-order chi connectivity index (χ1) is 6.77. The summed E-state index contributed by atoms with van der Waals surface area (Å²) in [5, 5.41) is 12.8. The Labute approximate surface area is 85.0 Å². The molecule has 1 aromatic carbocycles. The molecule has 0 aromatic heterocycles. The zero-order valence-electron chi connectivity index (χ0n) is 8.59. The fourth-order valence-electron chi connectivity index (χ4n) is 2.07. The van der Waals surface area contributed by atoms with E-state index < -0.39 is 0 Å². The Morgan fingerprint density at radius 2 is 2.36 bits per heavy atom. The molecule has 0 saturated carbocycles. The Balaban J connectivity index is 2.30. The maximum Gasteiger partial charge on any atom is 0.0553 e. The molecule has 1 aliphatic heterocycles. The highest BCUT2D eigenvalue weighted by Gasteiger charge is 2.12. The van der Waals surface area contributed by atoms with Crippen LogP contribution in [0.2, 0.25) is 0 Å². The molecular weight excluding hydrogens is 174 g/mol. The molecule has 0 aliphatic carbocycles. The maximum atomic E-state index is 9.38. The van der Waals surface area contributed by atoms with E-state index in [4.69, 9.17) is 0 Å². The van der Waals surface area contributed by atoms with E-state index in [9.17, 15) is 5.11 Å². The molecule has 1 aromatic rings. The predicted octanol–water partition coefficient (Wildman–Crippen LogP) is 1.97. The van der Waals surface area contributed by atoms with E-state index in [0.717, 1.165) is 19.4 Å². The number of rotatable bonds is 2. The SMILES string of the molecule is CC(O)Cc1cccc2c1NCCC2. The van der Waals surface area contributed by atoms with Gasteiger partial charge in [0.15, 0.2) is 0 Å². The number of benzene rings is 1. The van der Waals surface area contributed by atoms with Gasteiger partial charge in [-0.1, -0.05) is 18.2 Å². The molecule has 2 rings (SSSR count). The fraction of sp³-hybridized carbons (Fsp3) is 0.500. The molecule has 2 N–H and O–H groups in total. The van der Waals surface area contributed by atoms with Crippen LogP contribution in [0.15, 0.2) is 18.2 Å². The van der Waals surface area contributed by atoms with Gasteiger partial charge < -0.3 is 10.4 Å². The van der Waals surface area contributed by atoms with Gasteiger partial charge >= 0.3 is 0 Å². The van der Waals surface area contributed by atoms with E-state index in [1.54, 1.807) is 0 Å². The van der Waals surface area contributed by atoms with Crippen molar-refractivity contribution in [3.05, 3.63) is 29.3 Å². The van der Waals surface area contributed by atoms with Crippen molar-refractivity contribution < 1.29 is 5.11 Å². The quantitative estimate of drug-likeness (QED) is 0.749. The van der Waals surface area contributed by atoms with Crippen LogP contribution in [-0.4, -0.2) is 17.8 Å². The van der Waals surface area contributed by atoms with Crippen LogP contribution < -0.4 is 5.32 Å². The van der Waals surface area contributed by atoms with Crippen LogP contribution in [0.3, 0.4) is 0 Å². The molecule has 1 aliphatic rings. The Morgan fingerprint density at radius 1 is 1.50 bits per heavy atom. The van der Waals surface area contributed by atoms with Gasteiger partial charge in [-0.3, -0.25) is 0 Å². The number of para-hydroxylation sites is 1. The first-order valence-corrected chi connectivity index (χ1v) is 5.30. The lowest BCUT2D eigenvalue weighted by Crippen LogP contribution is -2.15. The third-order valence-corrected chi connectivity index (χ3v) is 2.68. The van der Waals surface area contributed by atoms with Gasteiger partial charge in [0.1, 0.15) is 0 Å². The highest BCUT2D eigenvalue weighted by Crippen LogP contribution is 2.26. The minimum atomic E-state index is -0.259. The zero-order chi connectivity index (χ0) is 9.97. The molecule has 0 spiro atoms. The van der Waals surface area contributed by atoms with Crippen molar-refractivity contribution in [2.45, 2.75) is 32.3 Å². The molecule has 76 valence electrons. The molecule has 0 bridgehead atoms. The summed E-state index contributed by atoms with van der Waals surface area (Å²) in [6.07, 6.45) is 2.86. The summed E-state index contributed by atoms with van der Waals surface area (Å²) >= 11 is 0. The molecule has 2 heteroatoms. The van der Waals surface area contributed by atoms with Crippen LogP contribution in [0, 0.1) is 0 Å². The fourth-order valence-corrected chi connectivity index (χ4v) is 2.07. The Kier molecular flexibility index (Phi) is 2.73. The van der Waals surface area contributed by atoms with Crippen molar-refractivity contribution in [3.63, 3.8) is 0 Å². The van der Waals surface area contributed by atoms with Crippen LogP contribution in [0.4, 0.5) is 5.69 Å². The van der Waals surface area contributed by atoms with E-state index >= 15 is 0 Å². The lowest BCUT2D eigenvalue weighted by Gasteiger charge is -2.21. The van der Waals surface area contributed by atoms with Crippen molar-refractivity contribution in [2.24, 2.45) is 0 Å². The van der Waals surface area contributed by atoms with Crippen molar-refractivity contribution in [2.75, 3.05) is 11.9 Å². The molecule has 0 radical (unpaired) electrons. The van der Waals surface area contributed by atoms with Crippen LogP contribution in [0.1, 0.15) is 24.5 Å². The number of hydrogen-bond donors (Lipinski definition) is 2. The molecule has 1 heterocycles. The summed E-state index contributed by atoms with van der Waals surface area (Å²) in [5.41, 5.74) is 3.91. The molecule has 14 heavy (non-hydrogen) atoms. The first kappa shape index (κ1) is 9.53. The third kappa shape index (κ3) is 1.90. The third-order valence-electron chi connectivity index (χ3n) is 2.68. The molecule has 1 atom stereocenters. The summed E-state index contributed by atoms with van der Waals surface area (Å²) < 4.78 is 0. The van der Waals surface area contributed by atoms with Gasteiger partial charge in [0.25, 0.3) is 0 Å². The van der Waals surface area contributed by atoms with Gasteiger partial charge in [-0.15, -0.1) is 0 Å². The first-order valence-electron chi connectivity index (χ1n) is 5.30. The van der Waals surface area contributed by atoms with Crippen LogP contribution >= 0.6 is 0 Å². The van der Waals surface area contributed by atoms with Gasteiger partial charge in [0.05, 0.1) is 6.10 Å². The second kappa shape index (κ2) is 4.01. The van der Waals surface area contributed by atoms with Crippen LogP contribution in [0.5, 0.6) is 0 Å². The average molecular weight is 191 g/mol. The summed E-state index contributed by atoms with van der Waals surface area (Å²) in [6, 6.07) is 6.36. The predicted molar refractivity (Wildman–Crippen MR) is 58.6 cm³/mol. The van der Waals surface area contributed by atoms with E-state index in [-0.39, 0.29) is 6.10 Å². The van der Waals surface area contributed by atoms with E-state index in [2.05, 4.69) is 23.5 Å². The number of aliphatic hydroxyl groups excluding tert-OH is 1. The maximum absolute atomic E-state index is 9.38. The monoisotopic (exact) mass is 191 g/mol. The average Bonchev–Trinajstić information content (AvgIpc) is 2.18. The number of anilines is 1. The van der Waals surface area contributed by atoms with Gasteiger partial charge in [-0.05, 0) is 30.9 Å². The number of hydrogen-bond acceptors (Lipinski definition) is 2. The van der Waals surface area contributed by atoms with Gasteiger partial charge in [0, 0.05) is 18.7 Å². The summed E-state index contributed by atoms with van der Waals surface area (Å²) in [7, 11) is 0. The van der Waals surface area contributed by atoms with E-state index in [0.29, 0.717) is 0 Å². The van der Waals surface area contributed by atoms with Gasteiger partial charge in [0.2, 0.25) is 0 Å². The van der Waals surface area contributed by atoms with E-state index in [1.165, 1.54) is 23.2 Å². The highest BCUT2D eigenvalue weighted by atomic mass is 16.3. The lowest BCUT2D eigenvalue weighted by atomic mass is 9.97. The minimum absolute atomic E-state index is 0.259. The summed E-state index contributed by atoms with van der Waals surface area (Å²) in [4.78, 5) is 0. The number of fused-ring (bicyclic) bond motifs is 1. The molecule has 2 nitrogen and oxygen atoms in total. The Morgan fingerprint density at radius 3 is 3.14 bits per heavy atom. The largest absolute Gasteiger partial charge is 0.393 e. The molecule has 0 saturated heterocycles. The second-order valence-electron chi connectivity index (χ2n) is 4.03. The number of aryl methyl sites for hydroxylation is 1. The zero-order valence-corrected chi connectivity index (χ0v) is 8.59.